The van der Waals surface area contributed by atoms with Crippen LogP contribution < -0.4 is 15.5 Å². The largest absolute Gasteiger partial charge is 0.507 e. The lowest BCUT2D eigenvalue weighted by Gasteiger charge is -2.11. The molecule has 28 heavy (non-hydrogen) atoms. The Morgan fingerprint density at radius 2 is 1.89 bits per heavy atom. The van der Waals surface area contributed by atoms with Gasteiger partial charge in [0.2, 0.25) is 0 Å². The van der Waals surface area contributed by atoms with Crippen molar-refractivity contribution in [3.8, 4) is 22.8 Å². The third kappa shape index (κ3) is 4.12. The fraction of sp³-hybridized carbons (Fsp3) is 0.150. The molecule has 1 amide bonds. The molecule has 0 bridgehead atoms. The number of rotatable bonds is 6. The quantitative estimate of drug-likeness (QED) is 0.595. The zero-order chi connectivity index (χ0) is 20.3. The summed E-state index contributed by atoms with van der Waals surface area (Å²) in [5.74, 6) is -1.75. The zero-order valence-corrected chi connectivity index (χ0v) is 14.8. The van der Waals surface area contributed by atoms with Gasteiger partial charge in [-0.3, -0.25) is 14.4 Å². The molecule has 3 aromatic rings. The Morgan fingerprint density at radius 3 is 2.57 bits per heavy atom. The maximum absolute atomic E-state index is 12.4. The third-order valence-electron chi connectivity index (χ3n) is 3.96. The molecule has 0 spiro atoms. The van der Waals surface area contributed by atoms with Gasteiger partial charge in [-0.05, 0) is 6.92 Å². The minimum Gasteiger partial charge on any atom is -0.507 e. The average molecular weight is 383 g/mol. The summed E-state index contributed by atoms with van der Waals surface area (Å²) >= 11 is 0. The van der Waals surface area contributed by atoms with Gasteiger partial charge in [0, 0.05) is 23.8 Å². The molecule has 1 aromatic heterocycles. The van der Waals surface area contributed by atoms with Gasteiger partial charge in [0.15, 0.2) is 12.0 Å². The van der Waals surface area contributed by atoms with Crippen LogP contribution in [0.2, 0.25) is 0 Å². The van der Waals surface area contributed by atoms with Crippen LogP contribution >= 0.6 is 0 Å². The van der Waals surface area contributed by atoms with Gasteiger partial charge >= 0.3 is 5.97 Å². The number of phenols is 1. The van der Waals surface area contributed by atoms with Crippen LogP contribution in [0.4, 0.5) is 0 Å². The van der Waals surface area contributed by atoms with Gasteiger partial charge in [0.05, 0.1) is 0 Å². The van der Waals surface area contributed by atoms with E-state index in [0.29, 0.717) is 11.3 Å². The number of carbonyl (C=O) groups is 2. The number of carboxylic acids is 1. The molecule has 1 atom stereocenters. The SMILES string of the molecule is CC(NC(=O)COc1cc(O)c2c(=O)cc(-c3ccccc3)oc2c1)C(=O)O. The van der Waals surface area contributed by atoms with E-state index in [4.69, 9.17) is 14.3 Å². The Morgan fingerprint density at radius 1 is 1.18 bits per heavy atom. The Kier molecular flexibility index (Phi) is 5.30. The van der Waals surface area contributed by atoms with Crippen LogP contribution in [0.5, 0.6) is 11.5 Å². The molecule has 2 aromatic carbocycles. The van der Waals surface area contributed by atoms with Crippen LogP contribution in [-0.4, -0.2) is 34.7 Å². The number of hydrogen-bond acceptors (Lipinski definition) is 6. The second kappa shape index (κ2) is 7.83. The maximum atomic E-state index is 12.4. The Bertz CT molecular complexity index is 1090. The number of carboxylic acid groups (broad SMARTS) is 1. The lowest BCUT2D eigenvalue weighted by molar-refractivity contribution is -0.141. The Balaban J connectivity index is 1.88. The number of amides is 1. The Labute approximate surface area is 159 Å². The molecule has 1 heterocycles. The molecule has 3 rings (SSSR count). The van der Waals surface area contributed by atoms with Crippen molar-refractivity contribution in [1.82, 2.24) is 5.32 Å². The molecule has 0 aliphatic carbocycles. The van der Waals surface area contributed by atoms with Gasteiger partial charge < -0.3 is 24.7 Å². The first-order valence-electron chi connectivity index (χ1n) is 8.36. The zero-order valence-electron chi connectivity index (χ0n) is 14.8. The van der Waals surface area contributed by atoms with Gasteiger partial charge in [-0.2, -0.15) is 0 Å². The molecule has 0 saturated heterocycles. The number of nitrogens with one attached hydrogen (secondary N) is 1. The molecule has 8 nitrogen and oxygen atoms in total. The number of carbonyl (C=O) groups excluding carboxylic acids is 1. The van der Waals surface area contributed by atoms with E-state index in [1.165, 1.54) is 25.1 Å². The van der Waals surface area contributed by atoms with Crippen molar-refractivity contribution in [3.05, 3.63) is 58.8 Å². The smallest absolute Gasteiger partial charge is 0.325 e. The minimum atomic E-state index is -1.17. The van der Waals surface area contributed by atoms with Crippen LogP contribution in [0.3, 0.4) is 0 Å². The van der Waals surface area contributed by atoms with Gasteiger partial charge in [-0.1, -0.05) is 30.3 Å². The normalized spacial score (nSPS) is 11.8. The van der Waals surface area contributed by atoms with Crippen molar-refractivity contribution in [3.63, 3.8) is 0 Å². The number of ether oxygens (including phenoxy) is 1. The van der Waals surface area contributed by atoms with Crippen LogP contribution in [0.25, 0.3) is 22.3 Å². The monoisotopic (exact) mass is 383 g/mol. The molecule has 0 aliphatic heterocycles. The predicted molar refractivity (Wildman–Crippen MR) is 100 cm³/mol. The average Bonchev–Trinajstić information content (AvgIpc) is 2.66. The summed E-state index contributed by atoms with van der Waals surface area (Å²) in [5, 5.41) is 21.2. The first kappa shape index (κ1) is 19.0. The van der Waals surface area contributed by atoms with Gasteiger partial charge in [-0.25, -0.2) is 0 Å². The first-order chi connectivity index (χ1) is 13.3. The third-order valence-corrected chi connectivity index (χ3v) is 3.96. The predicted octanol–water partition coefficient (Wildman–Crippen LogP) is 2.13. The van der Waals surface area contributed by atoms with Gasteiger partial charge in [0.25, 0.3) is 5.91 Å². The van der Waals surface area contributed by atoms with E-state index in [1.54, 1.807) is 24.3 Å². The molecule has 144 valence electrons. The number of benzene rings is 2. The van der Waals surface area contributed by atoms with Crippen molar-refractivity contribution in [2.45, 2.75) is 13.0 Å². The first-order valence-corrected chi connectivity index (χ1v) is 8.36. The van der Waals surface area contributed by atoms with E-state index in [0.717, 1.165) is 0 Å². The number of fused-ring (bicyclic) bond motifs is 1. The topological polar surface area (TPSA) is 126 Å². The molecule has 0 aliphatic rings. The number of aliphatic carboxylic acids is 1. The van der Waals surface area contributed by atoms with E-state index < -0.39 is 30.0 Å². The standard InChI is InChI=1S/C20H17NO7/c1-11(20(25)26)21-18(24)10-27-13-7-14(22)19-15(23)9-16(28-17(19)8-13)12-5-3-2-4-6-12/h2-9,11,22H,10H2,1H3,(H,21,24)(H,25,26). The van der Waals surface area contributed by atoms with Crippen molar-refractivity contribution >= 4 is 22.8 Å². The molecule has 3 N–H and O–H groups in total. The van der Waals surface area contributed by atoms with Crippen molar-refractivity contribution in [2.24, 2.45) is 0 Å². The van der Waals surface area contributed by atoms with Gasteiger partial charge in [-0.15, -0.1) is 0 Å². The summed E-state index contributed by atoms with van der Waals surface area (Å²) in [4.78, 5) is 34.9. The Hall–Kier alpha value is -3.81. The molecule has 0 fully saturated rings. The van der Waals surface area contributed by atoms with Crippen molar-refractivity contribution in [1.29, 1.82) is 0 Å². The van der Waals surface area contributed by atoms with E-state index in [-0.39, 0.29) is 22.5 Å². The fourth-order valence-electron chi connectivity index (χ4n) is 2.57. The number of phenolic OH excluding ortho intramolecular Hbond substituents is 1. The summed E-state index contributed by atoms with van der Waals surface area (Å²) in [5.41, 5.74) is 0.368. The lowest BCUT2D eigenvalue weighted by atomic mass is 10.1. The second-order valence-electron chi connectivity index (χ2n) is 6.07. The second-order valence-corrected chi connectivity index (χ2v) is 6.07. The van der Waals surface area contributed by atoms with Gasteiger partial charge in [0.1, 0.15) is 34.3 Å². The van der Waals surface area contributed by atoms with E-state index >= 15 is 0 Å². The number of aromatic hydroxyl groups is 1. The molecule has 8 heteroatoms. The highest BCUT2D eigenvalue weighted by atomic mass is 16.5. The summed E-state index contributed by atoms with van der Waals surface area (Å²) in [6.07, 6.45) is 0. The summed E-state index contributed by atoms with van der Waals surface area (Å²) in [7, 11) is 0. The summed E-state index contributed by atoms with van der Waals surface area (Å²) in [6, 6.07) is 11.8. The highest BCUT2D eigenvalue weighted by Crippen LogP contribution is 2.31. The van der Waals surface area contributed by atoms with Crippen LogP contribution in [0.1, 0.15) is 6.92 Å². The molecule has 0 saturated carbocycles. The minimum absolute atomic E-state index is 0.00372. The molecule has 0 radical (unpaired) electrons. The summed E-state index contributed by atoms with van der Waals surface area (Å²) in [6.45, 7) is 0.854. The van der Waals surface area contributed by atoms with Crippen molar-refractivity contribution < 1.29 is 29.0 Å². The van der Waals surface area contributed by atoms with Crippen LogP contribution in [0.15, 0.2) is 57.7 Å². The molecular formula is C20H17NO7. The van der Waals surface area contributed by atoms with E-state index in [9.17, 15) is 19.5 Å². The van der Waals surface area contributed by atoms with Crippen molar-refractivity contribution in [2.75, 3.05) is 6.61 Å². The van der Waals surface area contributed by atoms with Crippen LogP contribution in [0, 0.1) is 0 Å². The fourth-order valence-corrected chi connectivity index (χ4v) is 2.57. The number of hydrogen-bond donors (Lipinski definition) is 3. The van der Waals surface area contributed by atoms with E-state index in [1.807, 2.05) is 6.07 Å². The summed E-state index contributed by atoms with van der Waals surface area (Å²) < 4.78 is 11.0. The highest BCUT2D eigenvalue weighted by Gasteiger charge is 2.16. The van der Waals surface area contributed by atoms with E-state index in [2.05, 4.69) is 5.32 Å². The molecule has 1 unspecified atom stereocenters. The van der Waals surface area contributed by atoms with Crippen LogP contribution in [-0.2, 0) is 9.59 Å². The highest BCUT2D eigenvalue weighted by molar-refractivity contribution is 5.87. The lowest BCUT2D eigenvalue weighted by Crippen LogP contribution is -2.40. The maximum Gasteiger partial charge on any atom is 0.325 e. The molecular weight excluding hydrogens is 366 g/mol.